The Bertz CT molecular complexity index is 463. The van der Waals surface area contributed by atoms with Gasteiger partial charge in [0.05, 0.1) is 0 Å². The van der Waals surface area contributed by atoms with E-state index in [1.807, 2.05) is 54.6 Å². The highest BCUT2D eigenvalue weighted by atomic mass is 79.9. The summed E-state index contributed by atoms with van der Waals surface area (Å²) in [7, 11) is 0. The Kier molecular flexibility index (Phi) is 3.58. The van der Waals surface area contributed by atoms with E-state index >= 15 is 0 Å². The third-order valence-electron chi connectivity index (χ3n) is 2.34. The number of halogens is 3. The van der Waals surface area contributed by atoms with Crippen LogP contribution in [0.15, 0.2) is 59.1 Å². The van der Waals surface area contributed by atoms with Crippen LogP contribution in [0.1, 0.15) is 11.1 Å². The molecule has 0 fully saturated rings. The van der Waals surface area contributed by atoms with E-state index in [1.165, 1.54) is 0 Å². The number of alkyl halides is 2. The van der Waals surface area contributed by atoms with Crippen molar-refractivity contribution in [1.82, 2.24) is 0 Å². The molecule has 0 saturated carbocycles. The summed E-state index contributed by atoms with van der Waals surface area (Å²) in [6.45, 7) is 0. The maximum Gasteiger partial charge on any atom is 0.168 e. The van der Waals surface area contributed by atoms with Crippen molar-refractivity contribution in [2.45, 2.75) is 4.33 Å². The fourth-order valence-electron chi connectivity index (χ4n) is 1.47. The van der Waals surface area contributed by atoms with Gasteiger partial charge in [-0.3, -0.25) is 0 Å². The summed E-state index contributed by atoms with van der Waals surface area (Å²) in [5.74, 6) is 0. The Morgan fingerprint density at radius 3 is 1.81 bits per heavy atom. The van der Waals surface area contributed by atoms with Crippen molar-refractivity contribution in [3.8, 4) is 0 Å². The van der Waals surface area contributed by atoms with Crippen LogP contribution >= 0.6 is 39.1 Å². The minimum Gasteiger partial charge on any atom is -0.0909 e. The van der Waals surface area contributed by atoms with Gasteiger partial charge >= 0.3 is 0 Å². The van der Waals surface area contributed by atoms with E-state index in [2.05, 4.69) is 15.9 Å². The van der Waals surface area contributed by atoms with Gasteiger partial charge in [0.25, 0.3) is 0 Å². The van der Waals surface area contributed by atoms with E-state index < -0.39 is 4.33 Å². The average Bonchev–Trinajstić information content (AvgIpc) is 2.31. The summed E-state index contributed by atoms with van der Waals surface area (Å²) in [5.41, 5.74) is 1.74. The van der Waals surface area contributed by atoms with Gasteiger partial charge in [0.1, 0.15) is 0 Å². The molecule has 0 spiro atoms. The van der Waals surface area contributed by atoms with Crippen molar-refractivity contribution < 1.29 is 0 Å². The van der Waals surface area contributed by atoms with Crippen molar-refractivity contribution in [1.29, 1.82) is 0 Å². The van der Waals surface area contributed by atoms with Crippen molar-refractivity contribution in [3.05, 3.63) is 70.2 Å². The Morgan fingerprint density at radius 1 is 0.750 bits per heavy atom. The van der Waals surface area contributed by atoms with Gasteiger partial charge in [-0.05, 0) is 23.3 Å². The SMILES string of the molecule is ClC(Cl)(c1ccccc1)c1ccc(Br)cc1. The quantitative estimate of drug-likeness (QED) is 0.674. The molecule has 0 radical (unpaired) electrons. The molecule has 0 aliphatic carbocycles. The van der Waals surface area contributed by atoms with Gasteiger partial charge in [-0.15, -0.1) is 0 Å². The molecule has 0 heterocycles. The minimum atomic E-state index is -0.998. The van der Waals surface area contributed by atoms with Crippen LogP contribution in [0.3, 0.4) is 0 Å². The van der Waals surface area contributed by atoms with Crippen LogP contribution in [0.5, 0.6) is 0 Å². The zero-order valence-corrected chi connectivity index (χ0v) is 11.4. The van der Waals surface area contributed by atoms with E-state index in [-0.39, 0.29) is 0 Å². The minimum absolute atomic E-state index is 0.866. The van der Waals surface area contributed by atoms with Crippen LogP contribution in [-0.4, -0.2) is 0 Å². The lowest BCUT2D eigenvalue weighted by Gasteiger charge is -2.20. The summed E-state index contributed by atoms with van der Waals surface area (Å²) >= 11 is 16.2. The molecule has 0 bridgehead atoms. The summed E-state index contributed by atoms with van der Waals surface area (Å²) < 4.78 is 0.00976. The zero-order valence-electron chi connectivity index (χ0n) is 8.33. The van der Waals surface area contributed by atoms with Gasteiger partial charge in [-0.25, -0.2) is 0 Å². The number of benzene rings is 2. The first kappa shape index (κ1) is 12.0. The Hall–Kier alpha value is -0.500. The Morgan fingerprint density at radius 2 is 1.25 bits per heavy atom. The topological polar surface area (TPSA) is 0 Å². The van der Waals surface area contributed by atoms with Gasteiger partial charge < -0.3 is 0 Å². The predicted octanol–water partition coefficient (Wildman–Crippen LogP) is 5.13. The molecule has 82 valence electrons. The maximum absolute atomic E-state index is 6.39. The highest BCUT2D eigenvalue weighted by Gasteiger charge is 2.28. The first-order chi connectivity index (χ1) is 7.60. The molecule has 2 rings (SSSR count). The van der Waals surface area contributed by atoms with Crippen molar-refractivity contribution in [2.75, 3.05) is 0 Å². The molecule has 0 aliphatic heterocycles. The number of hydrogen-bond donors (Lipinski definition) is 0. The smallest absolute Gasteiger partial charge is 0.0909 e. The van der Waals surface area contributed by atoms with Crippen LogP contribution in [0.25, 0.3) is 0 Å². The molecule has 16 heavy (non-hydrogen) atoms. The van der Waals surface area contributed by atoms with E-state index in [1.54, 1.807) is 0 Å². The fourth-order valence-corrected chi connectivity index (χ4v) is 2.24. The number of rotatable bonds is 2. The molecule has 0 nitrogen and oxygen atoms in total. The summed E-state index contributed by atoms with van der Waals surface area (Å²) in [6.07, 6.45) is 0. The normalized spacial score (nSPS) is 11.4. The second-order valence-electron chi connectivity index (χ2n) is 3.45. The van der Waals surface area contributed by atoms with Gasteiger partial charge in [-0.1, -0.05) is 81.6 Å². The number of hydrogen-bond acceptors (Lipinski definition) is 0. The molecular weight excluding hydrogens is 307 g/mol. The van der Waals surface area contributed by atoms with E-state index in [0.29, 0.717) is 0 Å². The lowest BCUT2D eigenvalue weighted by Crippen LogP contribution is -2.11. The fraction of sp³-hybridized carbons (Fsp3) is 0.0769. The lowest BCUT2D eigenvalue weighted by molar-refractivity contribution is 1.04. The predicted molar refractivity (Wildman–Crippen MR) is 73.1 cm³/mol. The van der Waals surface area contributed by atoms with Crippen molar-refractivity contribution in [3.63, 3.8) is 0 Å². The molecule has 0 aromatic heterocycles. The third kappa shape index (κ3) is 2.42. The van der Waals surface area contributed by atoms with E-state index in [0.717, 1.165) is 15.6 Å². The van der Waals surface area contributed by atoms with Crippen molar-refractivity contribution >= 4 is 39.1 Å². The molecule has 2 aromatic rings. The van der Waals surface area contributed by atoms with Gasteiger partial charge in [0.15, 0.2) is 4.33 Å². The molecular formula is C13H9BrCl2. The summed E-state index contributed by atoms with van der Waals surface area (Å²) in [5, 5.41) is 0. The molecule has 3 heteroatoms. The van der Waals surface area contributed by atoms with Crippen LogP contribution in [0, 0.1) is 0 Å². The van der Waals surface area contributed by atoms with E-state index in [9.17, 15) is 0 Å². The Labute approximate surface area is 113 Å². The molecule has 0 atom stereocenters. The summed E-state index contributed by atoms with van der Waals surface area (Å²) in [4.78, 5) is 0. The largest absolute Gasteiger partial charge is 0.168 e. The van der Waals surface area contributed by atoms with E-state index in [4.69, 9.17) is 23.2 Å². The van der Waals surface area contributed by atoms with Gasteiger partial charge in [0.2, 0.25) is 0 Å². The molecule has 0 unspecified atom stereocenters. The van der Waals surface area contributed by atoms with Crippen LogP contribution in [-0.2, 0) is 4.33 Å². The van der Waals surface area contributed by atoms with Gasteiger partial charge in [-0.2, -0.15) is 0 Å². The second-order valence-corrected chi connectivity index (χ2v) is 5.69. The monoisotopic (exact) mass is 314 g/mol. The van der Waals surface area contributed by atoms with Crippen molar-refractivity contribution in [2.24, 2.45) is 0 Å². The standard InChI is InChI=1S/C13H9BrCl2/c14-12-8-6-11(7-9-12)13(15,16)10-4-2-1-3-5-10/h1-9H. The van der Waals surface area contributed by atoms with Crippen LogP contribution in [0.4, 0.5) is 0 Å². The third-order valence-corrected chi connectivity index (χ3v) is 3.74. The molecule has 0 N–H and O–H groups in total. The first-order valence-electron chi connectivity index (χ1n) is 4.80. The lowest BCUT2D eigenvalue weighted by atomic mass is 10.0. The van der Waals surface area contributed by atoms with Gasteiger partial charge in [0, 0.05) is 4.47 Å². The first-order valence-corrected chi connectivity index (χ1v) is 6.35. The zero-order chi connectivity index (χ0) is 11.6. The molecule has 0 saturated heterocycles. The van der Waals surface area contributed by atoms with Crippen LogP contribution in [0.2, 0.25) is 0 Å². The molecule has 0 amide bonds. The molecule has 2 aromatic carbocycles. The highest BCUT2D eigenvalue weighted by molar-refractivity contribution is 9.10. The summed E-state index contributed by atoms with van der Waals surface area (Å²) in [6, 6.07) is 17.3. The van der Waals surface area contributed by atoms with Crippen LogP contribution < -0.4 is 0 Å². The maximum atomic E-state index is 6.39. The highest BCUT2D eigenvalue weighted by Crippen LogP contribution is 2.40. The second kappa shape index (κ2) is 4.79. The Balaban J connectivity index is 2.43. The average molecular weight is 316 g/mol. The molecule has 0 aliphatic rings.